The van der Waals surface area contributed by atoms with Gasteiger partial charge in [0.25, 0.3) is 0 Å². The molecule has 2 rings (SSSR count). The van der Waals surface area contributed by atoms with Crippen LogP contribution in [-0.4, -0.2) is 11.3 Å². The van der Waals surface area contributed by atoms with E-state index >= 15 is 0 Å². The molecule has 152 valence electrons. The van der Waals surface area contributed by atoms with E-state index in [0.29, 0.717) is 0 Å². The van der Waals surface area contributed by atoms with Crippen molar-refractivity contribution in [2.45, 2.75) is 77.2 Å². The monoisotopic (exact) mass is 382 g/mol. The number of rotatable bonds is 13. The van der Waals surface area contributed by atoms with Crippen LogP contribution in [-0.2, 0) is 17.6 Å². The Morgan fingerprint density at radius 2 is 1.54 bits per heavy atom. The highest BCUT2D eigenvalue weighted by molar-refractivity contribution is 5.57. The van der Waals surface area contributed by atoms with Crippen molar-refractivity contribution in [1.29, 1.82) is 0 Å². The Kier molecular flexibility index (Phi) is 10.2. The first-order valence-electron chi connectivity index (χ1n) is 10.7. The summed E-state index contributed by atoms with van der Waals surface area (Å²) < 4.78 is 5.26. The van der Waals surface area contributed by atoms with E-state index in [1.54, 1.807) is 0 Å². The Hall–Kier alpha value is -2.29. The van der Waals surface area contributed by atoms with E-state index in [-0.39, 0.29) is 6.10 Å². The van der Waals surface area contributed by atoms with Crippen molar-refractivity contribution in [1.82, 2.24) is 0 Å². The normalized spacial score (nSPS) is 11.9. The third-order valence-corrected chi connectivity index (χ3v) is 5.22. The molecule has 0 heterocycles. The lowest BCUT2D eigenvalue weighted by atomic mass is 9.94. The van der Waals surface area contributed by atoms with Crippen LogP contribution in [0.2, 0.25) is 0 Å². The van der Waals surface area contributed by atoms with E-state index in [2.05, 4.69) is 43.3 Å². The molecule has 0 amide bonds. The van der Waals surface area contributed by atoms with Crippen molar-refractivity contribution in [2.75, 3.05) is 0 Å². The summed E-state index contributed by atoms with van der Waals surface area (Å²) in [5, 5.41) is 9.17. The van der Waals surface area contributed by atoms with E-state index in [4.69, 9.17) is 4.74 Å². The molecule has 0 bridgehead atoms. The summed E-state index contributed by atoms with van der Waals surface area (Å²) in [6.07, 6.45) is 9.29. The summed E-state index contributed by atoms with van der Waals surface area (Å²) in [5.74, 6) is 0. The minimum atomic E-state index is -1.18. The molecule has 2 aromatic rings. The van der Waals surface area contributed by atoms with Gasteiger partial charge in [-0.1, -0.05) is 87.2 Å². The van der Waals surface area contributed by atoms with Crippen LogP contribution in [0, 0.1) is 0 Å². The lowest BCUT2D eigenvalue weighted by Gasteiger charge is -2.19. The fourth-order valence-corrected chi connectivity index (χ4v) is 3.68. The van der Waals surface area contributed by atoms with Gasteiger partial charge in [-0.25, -0.2) is 4.79 Å². The van der Waals surface area contributed by atoms with E-state index < -0.39 is 6.16 Å². The van der Waals surface area contributed by atoms with Crippen LogP contribution in [0.5, 0.6) is 0 Å². The number of carboxylic acid groups (broad SMARTS) is 1. The first-order valence-corrected chi connectivity index (χ1v) is 10.7. The average Bonchev–Trinajstić information content (AvgIpc) is 2.71. The molecule has 0 fully saturated rings. The zero-order valence-electron chi connectivity index (χ0n) is 17.1. The van der Waals surface area contributed by atoms with Gasteiger partial charge in [0.2, 0.25) is 0 Å². The molecule has 2 aromatic carbocycles. The second-order valence-corrected chi connectivity index (χ2v) is 7.47. The molecular weight excluding hydrogens is 348 g/mol. The van der Waals surface area contributed by atoms with E-state index in [1.165, 1.54) is 30.4 Å². The lowest BCUT2D eigenvalue weighted by Crippen LogP contribution is -2.11. The molecule has 0 aliphatic carbocycles. The second-order valence-electron chi connectivity index (χ2n) is 7.47. The number of ether oxygens (including phenoxy) is 1. The Bertz CT molecular complexity index is 681. The molecule has 3 nitrogen and oxygen atoms in total. The molecule has 0 radical (unpaired) electrons. The van der Waals surface area contributed by atoms with Crippen molar-refractivity contribution in [3.63, 3.8) is 0 Å². The first-order chi connectivity index (χ1) is 13.7. The lowest BCUT2D eigenvalue weighted by molar-refractivity contribution is 0.0460. The van der Waals surface area contributed by atoms with Crippen LogP contribution in [0.25, 0.3) is 0 Å². The molecule has 0 aliphatic rings. The molecule has 0 aromatic heterocycles. The Morgan fingerprint density at radius 1 is 0.857 bits per heavy atom. The minimum absolute atomic E-state index is 0.352. The van der Waals surface area contributed by atoms with Gasteiger partial charge in [-0.15, -0.1) is 0 Å². The third-order valence-electron chi connectivity index (χ3n) is 5.22. The first kappa shape index (κ1) is 22.0. The topological polar surface area (TPSA) is 46.5 Å². The predicted molar refractivity (Wildman–Crippen MR) is 115 cm³/mol. The highest BCUT2D eigenvalue weighted by Crippen LogP contribution is 2.28. The van der Waals surface area contributed by atoms with Crippen molar-refractivity contribution in [3.8, 4) is 0 Å². The van der Waals surface area contributed by atoms with E-state index in [1.807, 2.05) is 18.2 Å². The molecule has 0 saturated carbocycles. The molecule has 1 atom stereocenters. The fourth-order valence-electron chi connectivity index (χ4n) is 3.68. The maximum Gasteiger partial charge on any atom is 0.506 e. The van der Waals surface area contributed by atoms with Gasteiger partial charge in [-0.2, -0.15) is 0 Å². The predicted octanol–water partition coefficient (Wildman–Crippen LogP) is 7.35. The van der Waals surface area contributed by atoms with Gasteiger partial charge in [0.1, 0.15) is 6.10 Å². The number of unbranched alkanes of at least 4 members (excludes halogenated alkanes) is 5. The van der Waals surface area contributed by atoms with Crippen molar-refractivity contribution in [3.05, 3.63) is 71.3 Å². The van der Waals surface area contributed by atoms with E-state index in [9.17, 15) is 9.90 Å². The van der Waals surface area contributed by atoms with Gasteiger partial charge in [0, 0.05) is 0 Å². The van der Waals surface area contributed by atoms with Gasteiger partial charge < -0.3 is 9.84 Å². The van der Waals surface area contributed by atoms with Gasteiger partial charge in [-0.3, -0.25) is 0 Å². The van der Waals surface area contributed by atoms with Gasteiger partial charge in [0.15, 0.2) is 0 Å². The molecule has 1 unspecified atom stereocenters. The summed E-state index contributed by atoms with van der Waals surface area (Å²) in [6.45, 7) is 2.17. The van der Waals surface area contributed by atoms with Crippen LogP contribution in [0.4, 0.5) is 4.79 Å². The van der Waals surface area contributed by atoms with Crippen LogP contribution in [0.15, 0.2) is 54.6 Å². The van der Waals surface area contributed by atoms with Gasteiger partial charge in [-0.05, 0) is 55.2 Å². The van der Waals surface area contributed by atoms with Crippen molar-refractivity contribution >= 4 is 6.16 Å². The zero-order valence-corrected chi connectivity index (χ0v) is 17.1. The number of benzene rings is 2. The molecule has 1 N–H and O–H groups in total. The van der Waals surface area contributed by atoms with E-state index in [0.717, 1.165) is 50.5 Å². The third kappa shape index (κ3) is 8.16. The van der Waals surface area contributed by atoms with Crippen LogP contribution < -0.4 is 0 Å². The minimum Gasteiger partial charge on any atom is -0.450 e. The molecule has 0 aliphatic heterocycles. The maximum absolute atomic E-state index is 11.2. The summed E-state index contributed by atoms with van der Waals surface area (Å²) in [6, 6.07) is 18.7. The Balaban J connectivity index is 1.77. The summed E-state index contributed by atoms with van der Waals surface area (Å²) >= 11 is 0. The molecule has 0 spiro atoms. The summed E-state index contributed by atoms with van der Waals surface area (Å²) in [7, 11) is 0. The highest BCUT2D eigenvalue weighted by atomic mass is 16.7. The summed E-state index contributed by atoms with van der Waals surface area (Å²) in [5.41, 5.74) is 3.67. The molecule has 0 saturated heterocycles. The van der Waals surface area contributed by atoms with Gasteiger partial charge in [0.05, 0.1) is 0 Å². The second kappa shape index (κ2) is 13.0. The highest BCUT2D eigenvalue weighted by Gasteiger charge is 2.18. The average molecular weight is 383 g/mol. The van der Waals surface area contributed by atoms with Gasteiger partial charge >= 0.3 is 6.16 Å². The van der Waals surface area contributed by atoms with Crippen molar-refractivity contribution < 1.29 is 14.6 Å². The molecular formula is C25H34O3. The SMILES string of the molecule is CCCCc1ccccc1C(CCCCCCCc1ccccc1)OC(=O)O. The Morgan fingerprint density at radius 3 is 2.29 bits per heavy atom. The van der Waals surface area contributed by atoms with Crippen LogP contribution in [0.3, 0.4) is 0 Å². The number of hydrogen-bond acceptors (Lipinski definition) is 2. The number of hydrogen-bond donors (Lipinski definition) is 1. The van der Waals surface area contributed by atoms with Crippen molar-refractivity contribution in [2.24, 2.45) is 0 Å². The van der Waals surface area contributed by atoms with Crippen LogP contribution in [0.1, 0.15) is 81.1 Å². The summed E-state index contributed by atoms with van der Waals surface area (Å²) in [4.78, 5) is 11.2. The standard InChI is InChI=1S/C25H34O3/c1-2-3-17-22-18-12-13-19-23(22)24(28-25(26)27)20-11-6-4-5-8-14-21-15-9-7-10-16-21/h7,9-10,12-13,15-16,18-19,24H,2-6,8,11,14,17,20H2,1H3,(H,26,27). The molecule has 28 heavy (non-hydrogen) atoms. The quantitative estimate of drug-likeness (QED) is 0.291. The number of carbonyl (C=O) groups is 1. The Labute approximate surface area is 169 Å². The smallest absolute Gasteiger partial charge is 0.450 e. The maximum atomic E-state index is 11.2. The largest absolute Gasteiger partial charge is 0.506 e. The molecule has 3 heteroatoms. The fraction of sp³-hybridized carbons (Fsp3) is 0.480. The zero-order chi connectivity index (χ0) is 20.0. The van der Waals surface area contributed by atoms with Crippen LogP contribution >= 0.6 is 0 Å². The number of aryl methyl sites for hydroxylation is 2.